The van der Waals surface area contributed by atoms with Crippen molar-refractivity contribution in [1.82, 2.24) is 19.5 Å². The average Bonchev–Trinajstić information content (AvgIpc) is 3.37. The van der Waals surface area contributed by atoms with E-state index in [-0.39, 0.29) is 30.4 Å². The Labute approximate surface area is 244 Å². The number of rotatable bonds is 11. The van der Waals surface area contributed by atoms with Crippen molar-refractivity contribution in [2.24, 2.45) is 0 Å². The van der Waals surface area contributed by atoms with Gasteiger partial charge in [-0.3, -0.25) is 4.52 Å². The molecule has 3 unspecified atom stereocenters. The smallest absolute Gasteiger partial charge is 0.405 e. The molecule has 0 aliphatic carbocycles. The van der Waals surface area contributed by atoms with E-state index in [1.165, 1.54) is 6.33 Å². The molecule has 2 aromatic heterocycles. The number of aliphatic hydroxyl groups is 1. The van der Waals surface area contributed by atoms with Crippen molar-refractivity contribution in [3.05, 3.63) is 77.3 Å². The number of nitrogens with two attached hydrogens (primary N) is 1. The van der Waals surface area contributed by atoms with Gasteiger partial charge in [0.25, 0.3) is 0 Å². The van der Waals surface area contributed by atoms with Gasteiger partial charge in [-0.15, -0.1) is 0 Å². The summed E-state index contributed by atoms with van der Waals surface area (Å²) in [7, 11) is -0.399. The number of halogens is 1. The molecule has 3 heterocycles. The number of aromatic nitrogens is 4. The van der Waals surface area contributed by atoms with Crippen molar-refractivity contribution in [2.45, 2.75) is 44.0 Å². The molecular formula is C26H29ClN5O5PS2. The van der Waals surface area contributed by atoms with Crippen molar-refractivity contribution in [1.29, 1.82) is 0 Å². The molecule has 1 aliphatic rings. The van der Waals surface area contributed by atoms with Crippen LogP contribution < -0.4 is 10.3 Å². The number of imidazole rings is 1. The van der Waals surface area contributed by atoms with Crippen LogP contribution in [-0.2, 0) is 27.0 Å². The quantitative estimate of drug-likeness (QED) is 0.148. The molecule has 4 aromatic rings. The summed E-state index contributed by atoms with van der Waals surface area (Å²) in [5.74, 6) is 1.31. The molecule has 3 N–H and O–H groups in total. The van der Waals surface area contributed by atoms with E-state index in [1.54, 1.807) is 52.2 Å². The molecule has 0 bridgehead atoms. The van der Waals surface area contributed by atoms with Gasteiger partial charge in [0.05, 0.1) is 31.7 Å². The number of benzene rings is 2. The van der Waals surface area contributed by atoms with Crippen LogP contribution >= 0.6 is 40.8 Å². The number of hydrogen-bond acceptors (Lipinski definition) is 11. The summed E-state index contributed by atoms with van der Waals surface area (Å²) in [5, 5.41) is 10.4. The number of nitrogens with zero attached hydrogens (tertiary/aromatic N) is 4. The molecule has 40 heavy (non-hydrogen) atoms. The Hall–Kier alpha value is -2.31. The number of nitrogen functional groups attached to an aromatic ring is 1. The topological polar surface area (TPSA) is 135 Å². The van der Waals surface area contributed by atoms with Gasteiger partial charge in [-0.05, 0) is 48.7 Å². The molecule has 0 radical (unpaired) electrons. The Morgan fingerprint density at radius 3 is 2.80 bits per heavy atom. The highest BCUT2D eigenvalue weighted by Gasteiger charge is 2.36. The van der Waals surface area contributed by atoms with Crippen molar-refractivity contribution in [3.8, 4) is 5.75 Å². The fraction of sp³-hybridized carbons (Fsp3) is 0.346. The molecule has 1 fully saturated rings. The molecule has 4 atom stereocenters. The van der Waals surface area contributed by atoms with Crippen LogP contribution in [0, 0.1) is 0 Å². The summed E-state index contributed by atoms with van der Waals surface area (Å²) in [5.41, 5.74) is 8.92. The minimum absolute atomic E-state index is 0.0435. The summed E-state index contributed by atoms with van der Waals surface area (Å²) < 4.78 is 34.2. The molecule has 212 valence electrons. The predicted octanol–water partition coefficient (Wildman–Crippen LogP) is 6.10. The number of anilines is 1. The molecule has 5 rings (SSSR count). The monoisotopic (exact) mass is 621 g/mol. The van der Waals surface area contributed by atoms with Crippen LogP contribution in [0.2, 0.25) is 5.02 Å². The number of aliphatic hydroxyl groups excluding tert-OH is 1. The van der Waals surface area contributed by atoms with Crippen LogP contribution in [0.15, 0.2) is 61.2 Å². The highest BCUT2D eigenvalue weighted by molar-refractivity contribution is 8.76. The van der Waals surface area contributed by atoms with Gasteiger partial charge in [-0.25, -0.2) is 19.5 Å². The SMILES string of the molecule is C[C@H](Cn1cnc2c(N)ncnc21)OCP(=O)(Oc1ccc(Cl)cc1)OC1CSSC(c2ccccc2CO)C1. The fourth-order valence-electron chi connectivity index (χ4n) is 4.33. The van der Waals surface area contributed by atoms with E-state index in [0.717, 1.165) is 11.1 Å². The van der Waals surface area contributed by atoms with Gasteiger partial charge in [0.2, 0.25) is 0 Å². The molecule has 14 heteroatoms. The lowest BCUT2D eigenvalue weighted by molar-refractivity contribution is 0.0672. The minimum atomic E-state index is -3.77. The maximum Gasteiger partial charge on any atom is 0.405 e. The number of fused-ring (bicyclic) bond motifs is 1. The van der Waals surface area contributed by atoms with Crippen molar-refractivity contribution in [3.63, 3.8) is 0 Å². The molecule has 2 aromatic carbocycles. The maximum atomic E-state index is 14.2. The minimum Gasteiger partial charge on any atom is -0.423 e. The Bertz CT molecular complexity index is 1490. The van der Waals surface area contributed by atoms with Gasteiger partial charge in [-0.2, -0.15) is 0 Å². The lowest BCUT2D eigenvalue weighted by Crippen LogP contribution is -2.24. The number of ether oxygens (including phenoxy) is 1. The Morgan fingerprint density at radius 1 is 1.20 bits per heavy atom. The first-order valence-corrected chi connectivity index (χ1v) is 17.0. The zero-order valence-corrected chi connectivity index (χ0v) is 24.9. The second-order valence-corrected chi connectivity index (χ2v) is 14.2. The van der Waals surface area contributed by atoms with E-state index < -0.39 is 7.60 Å². The lowest BCUT2D eigenvalue weighted by Gasteiger charge is -2.32. The second-order valence-electron chi connectivity index (χ2n) is 9.28. The van der Waals surface area contributed by atoms with E-state index in [0.29, 0.717) is 46.5 Å². The third-order valence-corrected chi connectivity index (χ3v) is 10.9. The van der Waals surface area contributed by atoms with E-state index in [4.69, 9.17) is 31.1 Å². The third kappa shape index (κ3) is 7.12. The second kappa shape index (κ2) is 13.1. The van der Waals surface area contributed by atoms with Crippen LogP contribution in [0.4, 0.5) is 5.82 Å². The molecule has 0 spiro atoms. The fourth-order valence-corrected chi connectivity index (χ4v) is 9.16. The Balaban J connectivity index is 1.30. The summed E-state index contributed by atoms with van der Waals surface area (Å²) in [6.45, 7) is 2.21. The molecule has 1 aliphatic heterocycles. The Morgan fingerprint density at radius 2 is 2.00 bits per heavy atom. The van der Waals surface area contributed by atoms with Crippen LogP contribution in [-0.4, -0.2) is 48.9 Å². The molecule has 0 saturated carbocycles. The first kappa shape index (κ1) is 29.2. The summed E-state index contributed by atoms with van der Waals surface area (Å²) in [6, 6.07) is 14.4. The van der Waals surface area contributed by atoms with Gasteiger partial charge in [-0.1, -0.05) is 57.5 Å². The van der Waals surface area contributed by atoms with E-state index >= 15 is 0 Å². The van der Waals surface area contributed by atoms with E-state index in [2.05, 4.69) is 15.0 Å². The standard InChI is InChI=1S/C26H29ClN5O5PS2/c1-17(11-32-15-31-24-25(28)29-14-30-26(24)32)35-16-38(34,36-20-8-6-19(27)7-9-20)37-21-10-23(40-39-13-21)22-5-3-2-4-18(22)12-33/h2-9,14-15,17,21,23,33H,10-13,16H2,1H3,(H2,28,29,30)/t17-,21?,23?,38?/m1/s1. The number of hydrogen-bond donors (Lipinski definition) is 2. The van der Waals surface area contributed by atoms with Crippen molar-refractivity contribution >= 4 is 57.8 Å². The van der Waals surface area contributed by atoms with Crippen LogP contribution in [0.1, 0.15) is 29.7 Å². The van der Waals surface area contributed by atoms with Crippen molar-refractivity contribution < 1.29 is 23.5 Å². The van der Waals surface area contributed by atoms with Gasteiger partial charge in [0.15, 0.2) is 17.8 Å². The van der Waals surface area contributed by atoms with Gasteiger partial charge >= 0.3 is 7.60 Å². The van der Waals surface area contributed by atoms with Crippen LogP contribution in [0.3, 0.4) is 0 Å². The van der Waals surface area contributed by atoms with E-state index in [1.807, 2.05) is 35.8 Å². The molecular weight excluding hydrogens is 593 g/mol. The highest BCUT2D eigenvalue weighted by Crippen LogP contribution is 2.55. The predicted molar refractivity (Wildman–Crippen MR) is 159 cm³/mol. The zero-order chi connectivity index (χ0) is 28.1. The van der Waals surface area contributed by atoms with Crippen molar-refractivity contribution in [2.75, 3.05) is 17.8 Å². The molecule has 0 amide bonds. The average molecular weight is 622 g/mol. The van der Waals surface area contributed by atoms with Crippen LogP contribution in [0.25, 0.3) is 11.2 Å². The summed E-state index contributed by atoms with van der Waals surface area (Å²) in [6.07, 6.45) is 2.64. The first-order valence-electron chi connectivity index (χ1n) is 12.6. The summed E-state index contributed by atoms with van der Waals surface area (Å²) in [4.78, 5) is 12.5. The summed E-state index contributed by atoms with van der Waals surface area (Å²) >= 11 is 6.03. The zero-order valence-electron chi connectivity index (χ0n) is 21.6. The third-order valence-electron chi connectivity index (χ3n) is 6.26. The molecule has 10 nitrogen and oxygen atoms in total. The molecule has 1 saturated heterocycles. The highest BCUT2D eigenvalue weighted by atomic mass is 35.5. The van der Waals surface area contributed by atoms with Crippen LogP contribution in [0.5, 0.6) is 5.75 Å². The van der Waals surface area contributed by atoms with Gasteiger partial charge in [0.1, 0.15) is 17.6 Å². The first-order chi connectivity index (χ1) is 19.3. The Kier molecular flexibility index (Phi) is 9.57. The normalized spacial score (nSPS) is 19.8. The largest absolute Gasteiger partial charge is 0.423 e. The van der Waals surface area contributed by atoms with Gasteiger partial charge in [0, 0.05) is 16.0 Å². The lowest BCUT2D eigenvalue weighted by atomic mass is 10.0. The van der Waals surface area contributed by atoms with Gasteiger partial charge < -0.3 is 24.7 Å². The van der Waals surface area contributed by atoms with E-state index in [9.17, 15) is 9.67 Å². The maximum absolute atomic E-state index is 14.2.